The second-order valence-electron chi connectivity index (χ2n) is 9.38. The Hall–Kier alpha value is -2.35. The smallest absolute Gasteiger partial charge is 0.292 e. The van der Waals surface area contributed by atoms with Crippen LogP contribution in [0.15, 0.2) is 28.8 Å². The van der Waals surface area contributed by atoms with Crippen molar-refractivity contribution in [2.75, 3.05) is 32.1 Å². The van der Waals surface area contributed by atoms with Crippen molar-refractivity contribution in [1.29, 1.82) is 0 Å². The van der Waals surface area contributed by atoms with Crippen molar-refractivity contribution >= 4 is 23.6 Å². The van der Waals surface area contributed by atoms with Crippen LogP contribution < -0.4 is 0 Å². The number of likely N-dealkylation sites (tertiary alicyclic amines) is 1. The van der Waals surface area contributed by atoms with Gasteiger partial charge in [0.05, 0.1) is 5.69 Å². The zero-order valence-corrected chi connectivity index (χ0v) is 20.9. The van der Waals surface area contributed by atoms with Gasteiger partial charge in [0.1, 0.15) is 5.82 Å². The first-order chi connectivity index (χ1) is 16.5. The highest BCUT2D eigenvalue weighted by atomic mass is 32.2. The summed E-state index contributed by atoms with van der Waals surface area (Å²) < 4.78 is 19.9. The molecule has 34 heavy (non-hydrogen) atoms. The Morgan fingerprint density at radius 3 is 2.71 bits per heavy atom. The number of aromatic nitrogens is 1. The van der Waals surface area contributed by atoms with Crippen molar-refractivity contribution in [3.8, 4) is 0 Å². The highest BCUT2D eigenvalue weighted by Crippen LogP contribution is 2.30. The fourth-order valence-electron chi connectivity index (χ4n) is 5.25. The number of carbonyl (C=O) groups is 2. The summed E-state index contributed by atoms with van der Waals surface area (Å²) in [5.41, 5.74) is 2.54. The highest BCUT2D eigenvalue weighted by Gasteiger charge is 2.35. The molecule has 8 heteroatoms. The summed E-state index contributed by atoms with van der Waals surface area (Å²) in [7, 11) is 1.84. The van der Waals surface area contributed by atoms with E-state index in [0.29, 0.717) is 37.3 Å². The molecule has 6 nitrogen and oxygen atoms in total. The van der Waals surface area contributed by atoms with Gasteiger partial charge in [-0.25, -0.2) is 4.39 Å². The normalized spacial score (nSPS) is 17.3. The van der Waals surface area contributed by atoms with Crippen molar-refractivity contribution in [3.05, 3.63) is 52.7 Å². The molecule has 2 amide bonds. The van der Waals surface area contributed by atoms with Crippen LogP contribution in [0.1, 0.15) is 59.5 Å². The number of halogens is 1. The van der Waals surface area contributed by atoms with E-state index in [1.807, 2.05) is 29.2 Å². The van der Waals surface area contributed by atoms with E-state index in [4.69, 9.17) is 4.52 Å². The van der Waals surface area contributed by atoms with Crippen molar-refractivity contribution in [2.45, 2.75) is 57.4 Å². The Morgan fingerprint density at radius 2 is 1.97 bits per heavy atom. The zero-order chi connectivity index (χ0) is 24.1. The molecular weight excluding hydrogens is 453 g/mol. The van der Waals surface area contributed by atoms with Gasteiger partial charge in [-0.05, 0) is 68.7 Å². The number of likely N-dealkylation sites (N-methyl/N-ethyl adjacent to an activating group) is 1. The molecule has 0 bridgehead atoms. The topological polar surface area (TPSA) is 66.7 Å². The van der Waals surface area contributed by atoms with E-state index in [-0.39, 0.29) is 29.6 Å². The van der Waals surface area contributed by atoms with Gasteiger partial charge in [-0.15, -0.1) is 0 Å². The number of amides is 2. The third-order valence-electron chi connectivity index (χ3n) is 7.32. The predicted octanol–water partition coefficient (Wildman–Crippen LogP) is 4.37. The number of aryl methyl sites for hydroxylation is 1. The molecule has 0 N–H and O–H groups in total. The maximum absolute atomic E-state index is 14.5. The van der Waals surface area contributed by atoms with Crippen molar-refractivity contribution in [1.82, 2.24) is 15.0 Å². The third kappa shape index (κ3) is 5.48. The van der Waals surface area contributed by atoms with Gasteiger partial charge in [-0.2, -0.15) is 11.8 Å². The van der Waals surface area contributed by atoms with Crippen LogP contribution in [0.25, 0.3) is 0 Å². The maximum Gasteiger partial charge on any atom is 0.292 e. The van der Waals surface area contributed by atoms with E-state index in [2.05, 4.69) is 5.16 Å². The number of hydrogen-bond donors (Lipinski definition) is 0. The van der Waals surface area contributed by atoms with Gasteiger partial charge in [0.25, 0.3) is 5.91 Å². The van der Waals surface area contributed by atoms with E-state index in [1.165, 1.54) is 6.07 Å². The van der Waals surface area contributed by atoms with Gasteiger partial charge in [-0.3, -0.25) is 9.59 Å². The first kappa shape index (κ1) is 24.8. The summed E-state index contributed by atoms with van der Waals surface area (Å²) in [4.78, 5) is 29.7. The van der Waals surface area contributed by atoms with Crippen LogP contribution >= 0.6 is 11.8 Å². The van der Waals surface area contributed by atoms with Crippen LogP contribution in [0.2, 0.25) is 0 Å². The summed E-state index contributed by atoms with van der Waals surface area (Å²) in [6.07, 6.45) is 8.34. The SMILES string of the molecule is CSCCC(=O)N(C)[C@@H](Cc1ccccc1F)C1CCN(C(=O)c2onc3c2CCCC3)CC1. The largest absolute Gasteiger partial charge is 0.350 e. The summed E-state index contributed by atoms with van der Waals surface area (Å²) in [6, 6.07) is 6.69. The number of thioether (sulfide) groups is 1. The zero-order valence-electron chi connectivity index (χ0n) is 20.1. The Morgan fingerprint density at radius 1 is 1.24 bits per heavy atom. The minimum atomic E-state index is -0.236. The average Bonchev–Trinajstić information content (AvgIpc) is 3.30. The molecule has 0 saturated carbocycles. The van der Waals surface area contributed by atoms with Gasteiger partial charge in [0, 0.05) is 43.9 Å². The van der Waals surface area contributed by atoms with E-state index in [0.717, 1.165) is 55.5 Å². The molecule has 1 saturated heterocycles. The van der Waals surface area contributed by atoms with Crippen LogP contribution in [0, 0.1) is 11.7 Å². The lowest BCUT2D eigenvalue weighted by Gasteiger charge is -2.40. The van der Waals surface area contributed by atoms with Gasteiger partial charge in [0.2, 0.25) is 11.7 Å². The maximum atomic E-state index is 14.5. The lowest BCUT2D eigenvalue weighted by molar-refractivity contribution is -0.133. The Kier molecular flexibility index (Phi) is 8.29. The Labute approximate surface area is 205 Å². The van der Waals surface area contributed by atoms with Gasteiger partial charge < -0.3 is 14.3 Å². The number of nitrogens with zero attached hydrogens (tertiary/aromatic N) is 3. The average molecular weight is 488 g/mol. The number of fused-ring (bicyclic) bond motifs is 1. The van der Waals surface area contributed by atoms with Crippen LogP contribution in [0.3, 0.4) is 0 Å². The van der Waals surface area contributed by atoms with Crippen molar-refractivity contribution in [3.63, 3.8) is 0 Å². The molecule has 1 aliphatic heterocycles. The second kappa shape index (κ2) is 11.4. The second-order valence-corrected chi connectivity index (χ2v) is 10.4. The number of benzene rings is 1. The van der Waals surface area contributed by atoms with E-state index in [1.54, 1.807) is 23.9 Å². The Balaban J connectivity index is 1.45. The molecule has 1 fully saturated rings. The lowest BCUT2D eigenvalue weighted by atomic mass is 9.84. The number of carbonyl (C=O) groups excluding carboxylic acids is 2. The molecule has 1 atom stereocenters. The Bertz CT molecular complexity index is 1000. The first-order valence-corrected chi connectivity index (χ1v) is 13.6. The van der Waals surface area contributed by atoms with Gasteiger partial charge in [0.15, 0.2) is 0 Å². The number of piperidine rings is 1. The third-order valence-corrected chi connectivity index (χ3v) is 7.94. The van der Waals surface area contributed by atoms with E-state index >= 15 is 0 Å². The molecule has 0 radical (unpaired) electrons. The van der Waals surface area contributed by atoms with Crippen molar-refractivity contribution in [2.24, 2.45) is 5.92 Å². The van der Waals surface area contributed by atoms with Crippen molar-refractivity contribution < 1.29 is 18.5 Å². The fraction of sp³-hybridized carbons (Fsp3) is 0.577. The molecule has 2 aliphatic rings. The van der Waals surface area contributed by atoms with E-state index in [9.17, 15) is 14.0 Å². The minimum Gasteiger partial charge on any atom is -0.350 e. The molecule has 1 aromatic heterocycles. The molecular formula is C26H34FN3O3S. The van der Waals surface area contributed by atoms with Crippen LogP contribution in [-0.4, -0.2) is 65.0 Å². The number of hydrogen-bond acceptors (Lipinski definition) is 5. The van der Waals surface area contributed by atoms with Crippen LogP contribution in [0.4, 0.5) is 4.39 Å². The quantitative estimate of drug-likeness (QED) is 0.553. The monoisotopic (exact) mass is 487 g/mol. The lowest BCUT2D eigenvalue weighted by Crippen LogP contribution is -2.48. The molecule has 0 spiro atoms. The molecule has 184 valence electrons. The molecule has 2 heterocycles. The molecule has 2 aromatic rings. The molecule has 4 rings (SSSR count). The van der Waals surface area contributed by atoms with Gasteiger partial charge >= 0.3 is 0 Å². The standard InChI is InChI=1S/C26H34FN3O3S/c1-29(24(31)13-16-34-2)23(17-19-7-3-5-9-21(19)27)18-11-14-30(15-12-18)26(32)25-20-8-4-6-10-22(20)28-33-25/h3,5,7,9,18,23H,4,6,8,10-17H2,1-2H3/t23-/m0/s1. The predicted molar refractivity (Wildman–Crippen MR) is 131 cm³/mol. The van der Waals surface area contributed by atoms with Crippen LogP contribution in [0.5, 0.6) is 0 Å². The highest BCUT2D eigenvalue weighted by molar-refractivity contribution is 7.98. The summed E-state index contributed by atoms with van der Waals surface area (Å²) in [5.74, 6) is 1.13. The molecule has 0 unspecified atom stereocenters. The molecule has 1 aliphatic carbocycles. The van der Waals surface area contributed by atoms with E-state index < -0.39 is 0 Å². The summed E-state index contributed by atoms with van der Waals surface area (Å²) in [6.45, 7) is 1.19. The van der Waals surface area contributed by atoms with Gasteiger partial charge in [-0.1, -0.05) is 23.4 Å². The number of rotatable bonds is 8. The first-order valence-electron chi connectivity index (χ1n) is 12.2. The fourth-order valence-corrected chi connectivity index (χ4v) is 5.63. The summed E-state index contributed by atoms with van der Waals surface area (Å²) in [5, 5.41) is 4.13. The van der Waals surface area contributed by atoms with Crippen LogP contribution in [-0.2, 0) is 24.1 Å². The molecule has 1 aromatic carbocycles. The summed E-state index contributed by atoms with van der Waals surface area (Å²) >= 11 is 1.65. The minimum absolute atomic E-state index is 0.0795.